The molecule has 30 heavy (non-hydrogen) atoms. The summed E-state index contributed by atoms with van der Waals surface area (Å²) in [6.07, 6.45) is 0.762. The topological polar surface area (TPSA) is 84.3 Å². The minimum absolute atomic E-state index is 0.0884. The molecule has 0 saturated heterocycles. The molecule has 5 nitrogen and oxygen atoms in total. The number of rotatable bonds is 4. The Labute approximate surface area is 171 Å². The Bertz CT molecular complexity index is 1100. The average molecular weight is 412 g/mol. The molecule has 2 heterocycles. The summed E-state index contributed by atoms with van der Waals surface area (Å²) in [5.74, 6) is -1.22. The van der Waals surface area contributed by atoms with E-state index in [1.54, 1.807) is 12.3 Å². The Hall–Kier alpha value is -3.08. The van der Waals surface area contributed by atoms with Gasteiger partial charge in [-0.05, 0) is 48.9 Å². The number of aryl methyl sites for hydroxylation is 1. The van der Waals surface area contributed by atoms with Crippen molar-refractivity contribution in [1.29, 1.82) is 5.26 Å². The molecule has 1 aromatic carbocycles. The second kappa shape index (κ2) is 6.73. The molecule has 0 spiro atoms. The fourth-order valence-corrected chi connectivity index (χ4v) is 4.91. The van der Waals surface area contributed by atoms with E-state index in [1.807, 2.05) is 6.07 Å². The molecular weight excluding hydrogens is 393 g/mol. The van der Waals surface area contributed by atoms with Crippen molar-refractivity contribution in [3.05, 3.63) is 64.2 Å². The molecule has 1 aromatic heterocycles. The van der Waals surface area contributed by atoms with Gasteiger partial charge < -0.3 is 10.5 Å². The molecule has 154 valence electrons. The summed E-state index contributed by atoms with van der Waals surface area (Å²) in [6, 6.07) is 7.97. The number of alkyl halides is 2. The van der Waals surface area contributed by atoms with E-state index in [2.05, 4.69) is 16.0 Å². The smallest absolute Gasteiger partial charge is 0.283 e. The number of amidine groups is 1. The van der Waals surface area contributed by atoms with Crippen LogP contribution in [0.4, 0.5) is 13.2 Å². The predicted molar refractivity (Wildman–Crippen MR) is 102 cm³/mol. The van der Waals surface area contributed by atoms with Crippen LogP contribution >= 0.6 is 0 Å². The zero-order chi connectivity index (χ0) is 21.0. The zero-order valence-corrected chi connectivity index (χ0v) is 16.0. The van der Waals surface area contributed by atoms with Gasteiger partial charge in [-0.25, -0.2) is 18.2 Å². The van der Waals surface area contributed by atoms with Crippen molar-refractivity contribution in [2.24, 2.45) is 16.6 Å². The van der Waals surface area contributed by atoms with Gasteiger partial charge in [-0.2, -0.15) is 5.26 Å². The molecule has 0 unspecified atom stereocenters. The lowest BCUT2D eigenvalue weighted by atomic mass is 9.83. The third kappa shape index (κ3) is 2.83. The first-order valence-electron chi connectivity index (χ1n) is 9.90. The van der Waals surface area contributed by atoms with Gasteiger partial charge in [-0.15, -0.1) is 0 Å². The van der Waals surface area contributed by atoms with E-state index in [0.717, 1.165) is 29.7 Å². The predicted octanol–water partition coefficient (Wildman–Crippen LogP) is 3.56. The fourth-order valence-electron chi connectivity index (χ4n) is 4.91. The normalized spacial score (nSPS) is 28.9. The fraction of sp³-hybridized carbons (Fsp3) is 0.409. The average Bonchev–Trinajstić information content (AvgIpc) is 3.41. The van der Waals surface area contributed by atoms with Crippen LogP contribution < -0.4 is 5.73 Å². The Morgan fingerprint density at radius 1 is 1.33 bits per heavy atom. The Kier molecular flexibility index (Phi) is 4.24. The molecule has 0 amide bonds. The van der Waals surface area contributed by atoms with Gasteiger partial charge in [0.05, 0.1) is 5.56 Å². The monoisotopic (exact) mass is 412 g/mol. The third-order valence-corrected chi connectivity index (χ3v) is 6.42. The number of benzene rings is 1. The van der Waals surface area contributed by atoms with Crippen LogP contribution in [0.15, 0.2) is 35.5 Å². The number of fused-ring (bicyclic) bond motifs is 2. The molecule has 5 rings (SSSR count). The lowest BCUT2D eigenvalue weighted by molar-refractivity contribution is 0.0176. The van der Waals surface area contributed by atoms with E-state index in [-0.39, 0.29) is 17.5 Å². The highest BCUT2D eigenvalue weighted by Gasteiger charge is 2.64. The summed E-state index contributed by atoms with van der Waals surface area (Å²) in [5, 5.41) is 9.05. The second-order valence-electron chi connectivity index (χ2n) is 8.21. The zero-order valence-electron chi connectivity index (χ0n) is 16.0. The van der Waals surface area contributed by atoms with Crippen LogP contribution in [0.2, 0.25) is 0 Å². The molecule has 1 saturated carbocycles. The van der Waals surface area contributed by atoms with Crippen LogP contribution in [-0.4, -0.2) is 23.5 Å². The van der Waals surface area contributed by atoms with Gasteiger partial charge >= 0.3 is 0 Å². The maximum absolute atomic E-state index is 14.8. The van der Waals surface area contributed by atoms with Gasteiger partial charge in [0.1, 0.15) is 18.0 Å². The van der Waals surface area contributed by atoms with Crippen molar-refractivity contribution in [1.82, 2.24) is 4.98 Å². The van der Waals surface area contributed by atoms with Gasteiger partial charge in [0.25, 0.3) is 12.4 Å². The lowest BCUT2D eigenvalue weighted by Crippen LogP contribution is -2.43. The largest absolute Gasteiger partial charge is 0.462 e. The van der Waals surface area contributed by atoms with E-state index < -0.39 is 29.8 Å². The van der Waals surface area contributed by atoms with Gasteiger partial charge in [0, 0.05) is 29.3 Å². The molecule has 2 N–H and O–H groups in total. The van der Waals surface area contributed by atoms with Crippen LogP contribution in [0, 0.1) is 23.1 Å². The number of aliphatic imine (C=N–C) groups is 1. The molecule has 8 heteroatoms. The third-order valence-electron chi connectivity index (χ3n) is 6.42. The minimum Gasteiger partial charge on any atom is -0.462 e. The first-order chi connectivity index (χ1) is 14.4. The van der Waals surface area contributed by atoms with Crippen molar-refractivity contribution < 1.29 is 17.9 Å². The van der Waals surface area contributed by atoms with Crippen LogP contribution in [-0.2, 0) is 23.1 Å². The molecule has 0 radical (unpaired) electrons. The molecule has 4 atom stereocenters. The SMILES string of the molecule is N#Cc1cnc2c(c1)CC[C@@H]2Cc1ccc(F)c([C@@]2(C(F)F)N=C(N)O[C@@H]3C[C@@H]32)c1. The van der Waals surface area contributed by atoms with Crippen LogP contribution in [0.3, 0.4) is 0 Å². The number of ether oxygens (including phenoxy) is 1. The molecule has 1 fully saturated rings. The van der Waals surface area contributed by atoms with Crippen LogP contribution in [0.1, 0.15) is 46.7 Å². The number of nitriles is 1. The highest BCUT2D eigenvalue weighted by molar-refractivity contribution is 5.74. The Balaban J connectivity index is 1.50. The highest BCUT2D eigenvalue weighted by atomic mass is 19.3. The first kappa shape index (κ1) is 18.9. The van der Waals surface area contributed by atoms with Crippen molar-refractivity contribution in [3.63, 3.8) is 0 Å². The maximum Gasteiger partial charge on any atom is 0.283 e. The number of pyridine rings is 1. The van der Waals surface area contributed by atoms with E-state index in [4.69, 9.17) is 15.7 Å². The number of nitrogens with two attached hydrogens (primary N) is 1. The van der Waals surface area contributed by atoms with E-state index >= 15 is 0 Å². The molecule has 1 aliphatic heterocycles. The summed E-state index contributed by atoms with van der Waals surface area (Å²) < 4.78 is 48.6. The number of halogens is 3. The number of nitrogens with zero attached hydrogens (tertiary/aromatic N) is 3. The molecule has 3 aliphatic rings. The summed E-state index contributed by atoms with van der Waals surface area (Å²) >= 11 is 0. The lowest BCUT2D eigenvalue weighted by Gasteiger charge is -2.33. The molecule has 0 bridgehead atoms. The van der Waals surface area contributed by atoms with Crippen molar-refractivity contribution in [2.75, 3.05) is 0 Å². The minimum atomic E-state index is -2.90. The standard InChI is InChI=1S/C22H19F3N4O/c23-17-4-1-11(5-13-2-3-14-6-12(9-26)10-28-19(13)14)7-15(17)22(20(24)25)16-8-18(16)30-21(27)29-22/h1,4,6-7,10,13,16,18,20H,2-3,5,8H2,(H2,27,29)/t13-,16+,18-,22-/m1/s1. The summed E-state index contributed by atoms with van der Waals surface area (Å²) in [6.45, 7) is 0. The molecule has 2 aliphatic carbocycles. The second-order valence-corrected chi connectivity index (χ2v) is 8.21. The van der Waals surface area contributed by atoms with E-state index in [1.165, 1.54) is 12.1 Å². The van der Waals surface area contributed by atoms with Gasteiger partial charge in [-0.1, -0.05) is 12.1 Å². The summed E-state index contributed by atoms with van der Waals surface area (Å²) in [7, 11) is 0. The first-order valence-corrected chi connectivity index (χ1v) is 9.90. The van der Waals surface area contributed by atoms with Crippen LogP contribution in [0.5, 0.6) is 0 Å². The highest BCUT2D eigenvalue weighted by Crippen LogP contribution is 2.56. The van der Waals surface area contributed by atoms with Crippen LogP contribution in [0.25, 0.3) is 0 Å². The van der Waals surface area contributed by atoms with Gasteiger partial charge in [0.15, 0.2) is 5.54 Å². The van der Waals surface area contributed by atoms with Crippen molar-refractivity contribution in [2.45, 2.75) is 49.7 Å². The van der Waals surface area contributed by atoms with E-state index in [9.17, 15) is 13.2 Å². The number of aromatic nitrogens is 1. The maximum atomic E-state index is 14.8. The Morgan fingerprint density at radius 3 is 2.93 bits per heavy atom. The quantitative estimate of drug-likeness (QED) is 0.832. The molecular formula is C22H19F3N4O. The number of hydrogen-bond acceptors (Lipinski definition) is 5. The molecule has 2 aromatic rings. The van der Waals surface area contributed by atoms with E-state index in [0.29, 0.717) is 18.4 Å². The van der Waals surface area contributed by atoms with Gasteiger partial charge in [-0.3, -0.25) is 4.98 Å². The summed E-state index contributed by atoms with van der Waals surface area (Å²) in [4.78, 5) is 8.37. The number of hydrogen-bond donors (Lipinski definition) is 1. The van der Waals surface area contributed by atoms with Crippen molar-refractivity contribution >= 4 is 6.02 Å². The summed E-state index contributed by atoms with van der Waals surface area (Å²) in [5.41, 5.74) is 6.72. The van der Waals surface area contributed by atoms with Gasteiger partial charge in [0.2, 0.25) is 0 Å². The van der Waals surface area contributed by atoms with Crippen molar-refractivity contribution in [3.8, 4) is 6.07 Å². The Morgan fingerprint density at radius 2 is 2.17 bits per heavy atom.